The molecule has 2 aliphatic heterocycles. The van der Waals surface area contributed by atoms with E-state index in [1.807, 2.05) is 36.3 Å². The van der Waals surface area contributed by atoms with Gasteiger partial charge in [-0.3, -0.25) is 9.48 Å². The van der Waals surface area contributed by atoms with Crippen LogP contribution >= 0.6 is 11.6 Å². The summed E-state index contributed by atoms with van der Waals surface area (Å²) in [5, 5.41) is 4.67. The number of fused-ring (bicyclic) bond motifs is 4. The molecule has 1 aliphatic carbocycles. The highest BCUT2D eigenvalue weighted by atomic mass is 35.5. The Morgan fingerprint density at radius 1 is 1.31 bits per heavy atom. The van der Waals surface area contributed by atoms with Gasteiger partial charge in [-0.1, -0.05) is 6.08 Å². The van der Waals surface area contributed by atoms with E-state index in [1.165, 1.54) is 12.8 Å². The summed E-state index contributed by atoms with van der Waals surface area (Å²) >= 11 is 7.24. The van der Waals surface area contributed by atoms with Gasteiger partial charge in [-0.25, -0.2) is 9.97 Å². The maximum atomic E-state index is 12.0. The number of nitrogens with two attached hydrogens (primary N) is 1. The lowest BCUT2D eigenvalue weighted by Crippen LogP contribution is -2.47. The fraction of sp³-hybridized carbons (Fsp3) is 0.538. The van der Waals surface area contributed by atoms with Gasteiger partial charge >= 0.3 is 0 Å². The smallest absolute Gasteiger partial charge is 0.223 e. The van der Waals surface area contributed by atoms with Crippen molar-refractivity contribution < 1.29 is 4.79 Å². The minimum atomic E-state index is -0.717. The van der Waals surface area contributed by atoms with Gasteiger partial charge in [-0.2, -0.15) is 5.10 Å². The third kappa shape index (κ3) is 3.80. The van der Waals surface area contributed by atoms with Crippen LogP contribution < -0.4 is 10.6 Å². The van der Waals surface area contributed by atoms with Crippen molar-refractivity contribution in [3.8, 4) is 0 Å². The largest absolute Gasteiger partial charge is 0.349 e. The third-order valence-corrected chi connectivity index (χ3v) is 8.61. The number of aromatic amines is 1. The molecule has 2 fully saturated rings. The highest BCUT2D eigenvalue weighted by Gasteiger charge is 2.42. The van der Waals surface area contributed by atoms with Crippen molar-refractivity contribution in [2.45, 2.75) is 74.5 Å². The molecule has 1 amide bonds. The van der Waals surface area contributed by atoms with Gasteiger partial charge in [0.1, 0.15) is 11.3 Å². The van der Waals surface area contributed by atoms with Gasteiger partial charge in [0, 0.05) is 74.6 Å². The highest BCUT2D eigenvalue weighted by Crippen LogP contribution is 2.49. The van der Waals surface area contributed by atoms with Crippen LogP contribution in [0.25, 0.3) is 17.2 Å². The topological polar surface area (TPSA) is 109 Å². The number of alkyl halides is 1. The van der Waals surface area contributed by atoms with Crippen LogP contribution in [0.3, 0.4) is 0 Å². The average molecular weight is 509 g/mol. The molecule has 2 bridgehead atoms. The molecule has 0 radical (unpaired) electrons. The Kier molecular flexibility index (Phi) is 5.60. The van der Waals surface area contributed by atoms with Gasteiger partial charge in [0.2, 0.25) is 5.91 Å². The zero-order valence-corrected chi connectivity index (χ0v) is 21.7. The fourth-order valence-electron chi connectivity index (χ4n) is 6.28. The molecule has 2 saturated heterocycles. The van der Waals surface area contributed by atoms with E-state index < -0.39 is 4.87 Å². The van der Waals surface area contributed by atoms with Crippen molar-refractivity contribution in [3.63, 3.8) is 0 Å². The number of anilines is 1. The highest BCUT2D eigenvalue weighted by molar-refractivity contribution is 6.25. The summed E-state index contributed by atoms with van der Waals surface area (Å²) in [6.45, 7) is 2.54. The molecule has 10 heteroatoms. The number of H-pyrrole nitrogens is 1. The van der Waals surface area contributed by atoms with E-state index in [0.29, 0.717) is 25.0 Å². The molecular formula is C26H33ClN8O. The van der Waals surface area contributed by atoms with Crippen molar-refractivity contribution in [1.29, 1.82) is 0 Å². The van der Waals surface area contributed by atoms with E-state index in [4.69, 9.17) is 27.3 Å². The Morgan fingerprint density at radius 2 is 2.06 bits per heavy atom. The van der Waals surface area contributed by atoms with E-state index in [0.717, 1.165) is 46.6 Å². The number of carbonyl (C=O) groups is 1. The summed E-state index contributed by atoms with van der Waals surface area (Å²) in [5.74, 6) is 0.896. The number of piperidine rings is 1. The standard InChI is InChI=1S/C26H33ClN8O/c1-26(27)19(6-7-21-20(26)14-34(32-21)9-8-23(36)33(2)3)18-12-30-25-24(18)29-13-22(31-25)35-16-4-5-17(35)11-15(28)10-16/h6-7,12-17,19H,4-5,8-11,28H2,1-3H3,(H,30,31)/t15?,16-,17?,19?,26?/m0/s1. The molecule has 36 heavy (non-hydrogen) atoms. The number of aromatic nitrogens is 5. The van der Waals surface area contributed by atoms with Crippen molar-refractivity contribution in [2.75, 3.05) is 19.0 Å². The number of allylic oxidation sites excluding steroid dienone is 1. The van der Waals surface area contributed by atoms with Crippen molar-refractivity contribution in [3.05, 3.63) is 41.5 Å². The summed E-state index contributed by atoms with van der Waals surface area (Å²) in [6.07, 6.45) is 14.7. The second-order valence-corrected chi connectivity index (χ2v) is 11.6. The fourth-order valence-corrected chi connectivity index (χ4v) is 6.61. The Morgan fingerprint density at radius 3 is 2.78 bits per heavy atom. The Hall–Kier alpha value is -2.91. The molecule has 9 nitrogen and oxygen atoms in total. The van der Waals surface area contributed by atoms with E-state index in [2.05, 4.69) is 21.1 Å². The molecular weight excluding hydrogens is 476 g/mol. The zero-order chi connectivity index (χ0) is 25.2. The average Bonchev–Trinajstić information content (AvgIpc) is 3.52. The van der Waals surface area contributed by atoms with Crippen LogP contribution in [0.4, 0.5) is 5.82 Å². The van der Waals surface area contributed by atoms with Crippen LogP contribution in [0.5, 0.6) is 0 Å². The number of aryl methyl sites for hydroxylation is 1. The molecule has 0 saturated carbocycles. The second-order valence-electron chi connectivity index (χ2n) is 10.8. The number of nitrogens with zero attached hydrogens (tertiary/aromatic N) is 6. The number of rotatable bonds is 5. The summed E-state index contributed by atoms with van der Waals surface area (Å²) in [6, 6.07) is 1.19. The maximum Gasteiger partial charge on any atom is 0.223 e. The third-order valence-electron chi connectivity index (χ3n) is 8.17. The van der Waals surface area contributed by atoms with Crippen LogP contribution in [0, 0.1) is 0 Å². The van der Waals surface area contributed by atoms with Crippen molar-refractivity contribution in [1.82, 2.24) is 29.6 Å². The first kappa shape index (κ1) is 23.5. The van der Waals surface area contributed by atoms with Crippen molar-refractivity contribution in [2.24, 2.45) is 5.73 Å². The minimum Gasteiger partial charge on any atom is -0.349 e. The maximum absolute atomic E-state index is 12.0. The van der Waals surface area contributed by atoms with Gasteiger partial charge in [-0.05, 0) is 38.7 Å². The van der Waals surface area contributed by atoms with Crippen molar-refractivity contribution >= 4 is 40.6 Å². The van der Waals surface area contributed by atoms with Crippen LogP contribution in [0.1, 0.15) is 61.8 Å². The summed E-state index contributed by atoms with van der Waals surface area (Å²) in [5.41, 5.74) is 10.7. The minimum absolute atomic E-state index is 0.0719. The molecule has 5 heterocycles. The summed E-state index contributed by atoms with van der Waals surface area (Å²) < 4.78 is 1.82. The van der Waals surface area contributed by atoms with Gasteiger partial charge in [0.05, 0.1) is 16.8 Å². The number of hydrogen-bond donors (Lipinski definition) is 2. The normalized spacial score (nSPS) is 29.1. The van der Waals surface area contributed by atoms with E-state index >= 15 is 0 Å². The van der Waals surface area contributed by atoms with Gasteiger partial charge in [0.15, 0.2) is 5.65 Å². The Bertz CT molecular complexity index is 1330. The monoisotopic (exact) mass is 508 g/mol. The van der Waals surface area contributed by atoms with Crippen LogP contribution in [-0.2, 0) is 16.2 Å². The summed E-state index contributed by atoms with van der Waals surface area (Å²) in [7, 11) is 3.53. The van der Waals surface area contributed by atoms with Crippen LogP contribution in [0.15, 0.2) is 24.7 Å². The predicted molar refractivity (Wildman–Crippen MR) is 141 cm³/mol. The molecule has 0 spiro atoms. The molecule has 0 aromatic carbocycles. The molecule has 190 valence electrons. The summed E-state index contributed by atoms with van der Waals surface area (Å²) in [4.78, 5) is 28.5. The number of amides is 1. The first-order chi connectivity index (χ1) is 17.2. The van der Waals surface area contributed by atoms with E-state index in [-0.39, 0.29) is 17.9 Å². The quantitative estimate of drug-likeness (QED) is 0.511. The number of halogens is 1. The Labute approximate surface area is 215 Å². The zero-order valence-electron chi connectivity index (χ0n) is 21.0. The number of nitrogens with one attached hydrogen (secondary N) is 1. The van der Waals surface area contributed by atoms with E-state index in [1.54, 1.807) is 19.0 Å². The van der Waals surface area contributed by atoms with Gasteiger partial charge < -0.3 is 20.5 Å². The van der Waals surface area contributed by atoms with Crippen LogP contribution in [0.2, 0.25) is 0 Å². The SMILES string of the molecule is CN(C)C(=O)CCn1cc2c(n1)C=CC(c1c[nH]c3nc(N4C5CC[C@H]4CC(N)C5)cnc13)C2(C)Cl. The number of hydrogen-bond acceptors (Lipinski definition) is 6. The lowest BCUT2D eigenvalue weighted by molar-refractivity contribution is -0.128. The first-order valence-corrected chi connectivity index (χ1v) is 13.1. The van der Waals surface area contributed by atoms with E-state index in [9.17, 15) is 4.79 Å². The lowest BCUT2D eigenvalue weighted by Gasteiger charge is -2.38. The Balaban J connectivity index is 1.27. The molecule has 3 N–H and O–H groups in total. The molecule has 3 aromatic rings. The molecule has 6 rings (SSSR count). The molecule has 5 atom stereocenters. The lowest BCUT2D eigenvalue weighted by atomic mass is 9.79. The van der Waals surface area contributed by atoms with Crippen LogP contribution in [-0.4, -0.2) is 67.8 Å². The molecule has 4 unspecified atom stereocenters. The second kappa shape index (κ2) is 8.59. The number of carbonyl (C=O) groups excluding carboxylic acids is 1. The van der Waals surface area contributed by atoms with Gasteiger partial charge in [-0.15, -0.1) is 11.6 Å². The van der Waals surface area contributed by atoms with Gasteiger partial charge in [0.25, 0.3) is 0 Å². The first-order valence-electron chi connectivity index (χ1n) is 12.8. The predicted octanol–water partition coefficient (Wildman–Crippen LogP) is 3.36. The molecule has 3 aliphatic rings. The molecule has 3 aromatic heterocycles.